The van der Waals surface area contributed by atoms with E-state index < -0.39 is 0 Å². The van der Waals surface area contributed by atoms with Crippen LogP contribution < -0.4 is 10.6 Å². The molecule has 25 heavy (non-hydrogen) atoms. The lowest BCUT2D eigenvalue weighted by Crippen LogP contribution is -2.28. The summed E-state index contributed by atoms with van der Waals surface area (Å²) in [6, 6.07) is 23.4. The third-order valence-corrected chi connectivity index (χ3v) is 4.35. The molecule has 0 saturated heterocycles. The largest absolute Gasteiger partial charge is 0.334 e. The van der Waals surface area contributed by atoms with E-state index in [4.69, 9.17) is 11.6 Å². The van der Waals surface area contributed by atoms with Crippen LogP contribution in [0.15, 0.2) is 72.8 Å². The summed E-state index contributed by atoms with van der Waals surface area (Å²) in [5, 5.41) is 6.37. The van der Waals surface area contributed by atoms with Crippen LogP contribution in [0.25, 0.3) is 11.1 Å². The van der Waals surface area contributed by atoms with Gasteiger partial charge in [-0.1, -0.05) is 66.2 Å². The Bertz CT molecular complexity index is 861. The standard InChI is InChI=1S/C21H19ClN2O/c1-15-7-8-16(13-20(15)22)14-23-21(25)24-19-11-9-18(10-12-19)17-5-3-2-4-6-17/h2-13H,14H2,1H3,(H2,23,24,25). The van der Waals surface area contributed by atoms with Gasteiger partial charge in [-0.05, 0) is 47.4 Å². The average Bonchev–Trinajstić information content (AvgIpc) is 2.64. The Morgan fingerprint density at radius 1 is 0.920 bits per heavy atom. The first-order valence-corrected chi connectivity index (χ1v) is 8.45. The molecule has 0 aromatic heterocycles. The molecule has 0 heterocycles. The zero-order valence-corrected chi connectivity index (χ0v) is 14.7. The third kappa shape index (κ3) is 4.61. The van der Waals surface area contributed by atoms with Crippen molar-refractivity contribution >= 4 is 23.3 Å². The van der Waals surface area contributed by atoms with E-state index in [0.717, 1.165) is 27.9 Å². The summed E-state index contributed by atoms with van der Waals surface area (Å²) >= 11 is 6.10. The molecule has 0 aliphatic carbocycles. The second kappa shape index (κ2) is 7.86. The van der Waals surface area contributed by atoms with Gasteiger partial charge in [-0.15, -0.1) is 0 Å². The van der Waals surface area contributed by atoms with E-state index in [9.17, 15) is 4.79 Å². The minimum atomic E-state index is -0.246. The molecule has 0 aliphatic rings. The van der Waals surface area contributed by atoms with Gasteiger partial charge in [-0.2, -0.15) is 0 Å². The SMILES string of the molecule is Cc1ccc(CNC(=O)Nc2ccc(-c3ccccc3)cc2)cc1Cl. The van der Waals surface area contributed by atoms with Crippen LogP contribution in [-0.4, -0.2) is 6.03 Å². The summed E-state index contributed by atoms with van der Waals surface area (Å²) in [6.45, 7) is 2.37. The quantitative estimate of drug-likeness (QED) is 0.628. The number of amides is 2. The second-order valence-corrected chi connectivity index (χ2v) is 6.24. The molecule has 0 bridgehead atoms. The van der Waals surface area contributed by atoms with Gasteiger partial charge in [-0.3, -0.25) is 0 Å². The van der Waals surface area contributed by atoms with Gasteiger partial charge in [0, 0.05) is 17.3 Å². The molecule has 126 valence electrons. The van der Waals surface area contributed by atoms with Crippen LogP contribution in [0.4, 0.5) is 10.5 Å². The Morgan fingerprint density at radius 2 is 1.60 bits per heavy atom. The van der Waals surface area contributed by atoms with Crippen LogP contribution in [0.1, 0.15) is 11.1 Å². The molecule has 0 aliphatic heterocycles. The maximum Gasteiger partial charge on any atom is 0.319 e. The number of benzene rings is 3. The Labute approximate surface area is 152 Å². The van der Waals surface area contributed by atoms with Crippen LogP contribution in [0.3, 0.4) is 0 Å². The van der Waals surface area contributed by atoms with Crippen molar-refractivity contribution in [3.63, 3.8) is 0 Å². The molecule has 0 spiro atoms. The van der Waals surface area contributed by atoms with Gasteiger partial charge < -0.3 is 10.6 Å². The highest BCUT2D eigenvalue weighted by molar-refractivity contribution is 6.31. The van der Waals surface area contributed by atoms with Crippen molar-refractivity contribution in [1.82, 2.24) is 5.32 Å². The van der Waals surface area contributed by atoms with Crippen molar-refractivity contribution in [2.24, 2.45) is 0 Å². The van der Waals surface area contributed by atoms with Gasteiger partial charge in [0.2, 0.25) is 0 Å². The number of carbonyl (C=O) groups excluding carboxylic acids is 1. The maximum absolute atomic E-state index is 12.0. The fraction of sp³-hybridized carbons (Fsp3) is 0.0952. The monoisotopic (exact) mass is 350 g/mol. The molecular weight excluding hydrogens is 332 g/mol. The highest BCUT2D eigenvalue weighted by atomic mass is 35.5. The van der Waals surface area contributed by atoms with E-state index in [-0.39, 0.29) is 6.03 Å². The first-order chi connectivity index (χ1) is 12.1. The van der Waals surface area contributed by atoms with Gasteiger partial charge in [0.15, 0.2) is 0 Å². The molecule has 0 fully saturated rings. The summed E-state index contributed by atoms with van der Waals surface area (Å²) < 4.78 is 0. The lowest BCUT2D eigenvalue weighted by Gasteiger charge is -2.09. The maximum atomic E-state index is 12.0. The van der Waals surface area contributed by atoms with Crippen molar-refractivity contribution in [1.29, 1.82) is 0 Å². The van der Waals surface area contributed by atoms with Crippen molar-refractivity contribution in [2.45, 2.75) is 13.5 Å². The van der Waals surface area contributed by atoms with Crippen LogP contribution in [0.2, 0.25) is 5.02 Å². The molecule has 0 radical (unpaired) electrons. The highest BCUT2D eigenvalue weighted by Gasteiger charge is 2.04. The zero-order chi connectivity index (χ0) is 17.6. The number of anilines is 1. The van der Waals surface area contributed by atoms with Crippen LogP contribution >= 0.6 is 11.6 Å². The predicted molar refractivity (Wildman–Crippen MR) is 104 cm³/mol. The number of urea groups is 1. The predicted octanol–water partition coefficient (Wildman–Crippen LogP) is 5.64. The first-order valence-electron chi connectivity index (χ1n) is 8.07. The minimum absolute atomic E-state index is 0.246. The number of hydrogen-bond donors (Lipinski definition) is 2. The molecular formula is C21H19ClN2O. The van der Waals surface area contributed by atoms with Crippen LogP contribution in [0.5, 0.6) is 0 Å². The molecule has 2 amide bonds. The molecule has 0 saturated carbocycles. The molecule has 3 rings (SSSR count). The normalized spacial score (nSPS) is 10.3. The smallest absolute Gasteiger partial charge is 0.319 e. The van der Waals surface area contributed by atoms with E-state index in [2.05, 4.69) is 22.8 Å². The Kier molecular flexibility index (Phi) is 5.36. The van der Waals surface area contributed by atoms with E-state index >= 15 is 0 Å². The van der Waals surface area contributed by atoms with E-state index in [0.29, 0.717) is 11.6 Å². The topological polar surface area (TPSA) is 41.1 Å². The Morgan fingerprint density at radius 3 is 2.28 bits per heavy atom. The first kappa shape index (κ1) is 17.1. The number of carbonyl (C=O) groups is 1. The number of aryl methyl sites for hydroxylation is 1. The number of halogens is 1. The van der Waals surface area contributed by atoms with Crippen LogP contribution in [0, 0.1) is 6.92 Å². The molecule has 4 heteroatoms. The van der Waals surface area contributed by atoms with E-state index in [1.54, 1.807) is 0 Å². The summed E-state index contributed by atoms with van der Waals surface area (Å²) in [7, 11) is 0. The second-order valence-electron chi connectivity index (χ2n) is 5.83. The van der Waals surface area contributed by atoms with E-state index in [1.807, 2.05) is 67.6 Å². The molecule has 2 N–H and O–H groups in total. The van der Waals surface area contributed by atoms with Gasteiger partial charge in [0.1, 0.15) is 0 Å². The van der Waals surface area contributed by atoms with Crippen molar-refractivity contribution in [2.75, 3.05) is 5.32 Å². The van der Waals surface area contributed by atoms with Gasteiger partial charge in [-0.25, -0.2) is 4.79 Å². The fourth-order valence-electron chi connectivity index (χ4n) is 2.48. The Balaban J connectivity index is 1.56. The van der Waals surface area contributed by atoms with Crippen LogP contribution in [-0.2, 0) is 6.54 Å². The van der Waals surface area contributed by atoms with Gasteiger partial charge in [0.25, 0.3) is 0 Å². The highest BCUT2D eigenvalue weighted by Crippen LogP contribution is 2.21. The summed E-state index contributed by atoms with van der Waals surface area (Å²) in [5.74, 6) is 0. The van der Waals surface area contributed by atoms with Gasteiger partial charge >= 0.3 is 6.03 Å². The summed E-state index contributed by atoms with van der Waals surface area (Å²) in [5.41, 5.74) is 4.99. The zero-order valence-electron chi connectivity index (χ0n) is 13.9. The number of hydrogen-bond acceptors (Lipinski definition) is 1. The number of rotatable bonds is 4. The molecule has 3 aromatic rings. The molecule has 3 nitrogen and oxygen atoms in total. The van der Waals surface area contributed by atoms with Crippen molar-refractivity contribution in [3.05, 3.63) is 88.9 Å². The summed E-state index contributed by atoms with van der Waals surface area (Å²) in [6.07, 6.45) is 0. The molecule has 0 atom stereocenters. The van der Waals surface area contributed by atoms with Crippen molar-refractivity contribution < 1.29 is 4.79 Å². The third-order valence-electron chi connectivity index (χ3n) is 3.94. The van der Waals surface area contributed by atoms with Crippen molar-refractivity contribution in [3.8, 4) is 11.1 Å². The number of nitrogens with one attached hydrogen (secondary N) is 2. The lowest BCUT2D eigenvalue weighted by molar-refractivity contribution is 0.251. The molecule has 0 unspecified atom stereocenters. The fourth-order valence-corrected chi connectivity index (χ4v) is 2.68. The molecule has 3 aromatic carbocycles. The Hall–Kier alpha value is -2.78. The minimum Gasteiger partial charge on any atom is -0.334 e. The van der Waals surface area contributed by atoms with Gasteiger partial charge in [0.05, 0.1) is 0 Å². The lowest BCUT2D eigenvalue weighted by atomic mass is 10.1. The average molecular weight is 351 g/mol. The van der Waals surface area contributed by atoms with E-state index in [1.165, 1.54) is 0 Å². The summed E-state index contributed by atoms with van der Waals surface area (Å²) in [4.78, 5) is 12.0.